The summed E-state index contributed by atoms with van der Waals surface area (Å²) >= 11 is 1.48. The molecule has 0 radical (unpaired) electrons. The summed E-state index contributed by atoms with van der Waals surface area (Å²) in [5.74, 6) is -0.622. The lowest BCUT2D eigenvalue weighted by Gasteiger charge is -2.25. The summed E-state index contributed by atoms with van der Waals surface area (Å²) in [6, 6.07) is 6.64. The van der Waals surface area contributed by atoms with E-state index < -0.39 is 0 Å². The molecule has 2 aromatic rings. The van der Waals surface area contributed by atoms with Gasteiger partial charge in [0, 0.05) is 24.2 Å². The maximum atomic E-state index is 12.4. The van der Waals surface area contributed by atoms with Crippen molar-refractivity contribution in [3.8, 4) is 0 Å². The normalized spacial score (nSPS) is 14.7. The van der Waals surface area contributed by atoms with Crippen LogP contribution in [0.3, 0.4) is 0 Å². The Labute approximate surface area is 162 Å². The number of esters is 1. The fourth-order valence-electron chi connectivity index (χ4n) is 2.60. The summed E-state index contributed by atoms with van der Waals surface area (Å²) in [6.07, 6.45) is 0.779. The maximum Gasteiger partial charge on any atom is 0.338 e. The molecule has 1 aromatic heterocycles. The van der Waals surface area contributed by atoms with Gasteiger partial charge in [0.25, 0.3) is 5.91 Å². The maximum absolute atomic E-state index is 12.4. The van der Waals surface area contributed by atoms with E-state index in [1.165, 1.54) is 11.3 Å². The predicted octanol–water partition coefficient (Wildman–Crippen LogP) is 2.79. The Kier molecular flexibility index (Phi) is 6.92. The Morgan fingerprint density at radius 2 is 2.00 bits per heavy atom. The number of anilines is 1. The van der Waals surface area contributed by atoms with Crippen molar-refractivity contribution in [2.75, 3.05) is 38.2 Å². The van der Waals surface area contributed by atoms with Gasteiger partial charge in [0.05, 0.1) is 31.9 Å². The summed E-state index contributed by atoms with van der Waals surface area (Å²) in [6.45, 7) is 6.31. The monoisotopic (exact) mass is 389 g/mol. The molecule has 0 saturated carbocycles. The van der Waals surface area contributed by atoms with E-state index in [0.29, 0.717) is 23.6 Å². The second-order valence-corrected chi connectivity index (χ2v) is 7.13. The molecule has 1 N–H and O–H groups in total. The second kappa shape index (κ2) is 9.59. The second-order valence-electron chi connectivity index (χ2n) is 6.18. The Bertz CT molecular complexity index is 770. The van der Waals surface area contributed by atoms with Crippen LogP contribution in [0.15, 0.2) is 29.6 Å². The first-order valence-corrected chi connectivity index (χ1v) is 9.86. The summed E-state index contributed by atoms with van der Waals surface area (Å²) in [5.41, 5.74) is 1.47. The van der Waals surface area contributed by atoms with E-state index in [2.05, 4.69) is 15.2 Å². The molecule has 144 valence electrons. The molecule has 1 aromatic carbocycles. The molecule has 1 amide bonds. The van der Waals surface area contributed by atoms with Crippen LogP contribution >= 0.6 is 11.3 Å². The Morgan fingerprint density at radius 1 is 1.26 bits per heavy atom. The van der Waals surface area contributed by atoms with Gasteiger partial charge >= 0.3 is 5.97 Å². The molecule has 27 heavy (non-hydrogen) atoms. The van der Waals surface area contributed by atoms with Crippen molar-refractivity contribution in [3.05, 3.63) is 45.9 Å². The Morgan fingerprint density at radius 3 is 2.70 bits per heavy atom. The number of nitrogens with one attached hydrogen (secondary N) is 1. The topological polar surface area (TPSA) is 80.8 Å². The fourth-order valence-corrected chi connectivity index (χ4v) is 3.42. The number of amides is 1. The van der Waals surface area contributed by atoms with Crippen molar-refractivity contribution in [3.63, 3.8) is 0 Å². The minimum absolute atomic E-state index is 0.263. The third-order valence-corrected chi connectivity index (χ3v) is 4.90. The van der Waals surface area contributed by atoms with Crippen LogP contribution in [0.5, 0.6) is 0 Å². The molecule has 1 saturated heterocycles. The molecule has 1 fully saturated rings. The highest BCUT2D eigenvalue weighted by Crippen LogP contribution is 2.16. The van der Waals surface area contributed by atoms with Gasteiger partial charge < -0.3 is 14.8 Å². The molecule has 0 unspecified atom stereocenters. The summed E-state index contributed by atoms with van der Waals surface area (Å²) in [4.78, 5) is 30.9. The smallest absolute Gasteiger partial charge is 0.338 e. The number of aromatic nitrogens is 1. The minimum Gasteiger partial charge on any atom is -0.462 e. The molecule has 0 spiro atoms. The first kappa shape index (κ1) is 19.5. The van der Waals surface area contributed by atoms with E-state index in [-0.39, 0.29) is 11.9 Å². The van der Waals surface area contributed by atoms with Crippen LogP contribution in [0.4, 0.5) is 5.69 Å². The highest BCUT2D eigenvalue weighted by atomic mass is 32.1. The van der Waals surface area contributed by atoms with Crippen molar-refractivity contribution in [1.82, 2.24) is 9.88 Å². The fraction of sp³-hybridized carbons (Fsp3) is 0.421. The first-order chi connectivity index (χ1) is 13.2. The zero-order chi connectivity index (χ0) is 19.1. The zero-order valence-corrected chi connectivity index (χ0v) is 16.1. The van der Waals surface area contributed by atoms with E-state index >= 15 is 0 Å². The molecular formula is C19H23N3O4S. The van der Waals surface area contributed by atoms with Crippen molar-refractivity contribution in [2.24, 2.45) is 0 Å². The van der Waals surface area contributed by atoms with Gasteiger partial charge in [-0.25, -0.2) is 9.78 Å². The van der Waals surface area contributed by atoms with Crippen LogP contribution in [0.2, 0.25) is 0 Å². The molecule has 0 bridgehead atoms. The van der Waals surface area contributed by atoms with Gasteiger partial charge in [-0.05, 0) is 30.7 Å². The lowest BCUT2D eigenvalue weighted by atomic mass is 10.2. The number of ether oxygens (including phenoxy) is 2. The highest BCUT2D eigenvalue weighted by molar-refractivity contribution is 7.09. The quantitative estimate of drug-likeness (QED) is 0.734. The third-order valence-electron chi connectivity index (χ3n) is 4.06. The molecule has 2 heterocycles. The lowest BCUT2D eigenvalue weighted by Crippen LogP contribution is -2.35. The number of rotatable bonds is 7. The molecule has 0 atom stereocenters. The van der Waals surface area contributed by atoms with Gasteiger partial charge in [-0.1, -0.05) is 6.92 Å². The number of nitrogens with zero attached hydrogens (tertiary/aromatic N) is 2. The van der Waals surface area contributed by atoms with Crippen LogP contribution in [-0.2, 0) is 16.0 Å². The van der Waals surface area contributed by atoms with Crippen LogP contribution in [0, 0.1) is 0 Å². The number of morpholine rings is 1. The molecule has 8 heteroatoms. The summed E-state index contributed by atoms with van der Waals surface area (Å²) in [5, 5.41) is 5.48. The van der Waals surface area contributed by atoms with Gasteiger partial charge in [-0.15, -0.1) is 11.3 Å². The van der Waals surface area contributed by atoms with Gasteiger partial charge in [0.15, 0.2) is 0 Å². The van der Waals surface area contributed by atoms with Gasteiger partial charge in [-0.3, -0.25) is 9.69 Å². The Hall–Kier alpha value is -2.29. The average molecular weight is 389 g/mol. The van der Waals surface area contributed by atoms with E-state index in [9.17, 15) is 9.59 Å². The highest BCUT2D eigenvalue weighted by Gasteiger charge is 2.16. The van der Waals surface area contributed by atoms with Crippen molar-refractivity contribution in [2.45, 2.75) is 19.9 Å². The first-order valence-electron chi connectivity index (χ1n) is 8.98. The third kappa shape index (κ3) is 5.59. The number of hydrogen-bond acceptors (Lipinski definition) is 7. The van der Waals surface area contributed by atoms with E-state index in [4.69, 9.17) is 9.47 Å². The van der Waals surface area contributed by atoms with Crippen molar-refractivity contribution in [1.29, 1.82) is 0 Å². The van der Waals surface area contributed by atoms with Crippen molar-refractivity contribution >= 4 is 28.9 Å². The largest absolute Gasteiger partial charge is 0.462 e. The standard InChI is InChI=1S/C19H23N3O4S/c1-2-9-26-19(24)14-3-5-15(6-4-14)20-18(23)16-13-27-17(21-16)12-22-7-10-25-11-8-22/h3-6,13H,2,7-12H2,1H3,(H,20,23). The predicted molar refractivity (Wildman–Crippen MR) is 103 cm³/mol. The van der Waals surface area contributed by atoms with E-state index in [1.807, 2.05) is 6.92 Å². The van der Waals surface area contributed by atoms with E-state index in [0.717, 1.165) is 44.3 Å². The molecule has 7 nitrogen and oxygen atoms in total. The number of benzene rings is 1. The lowest BCUT2D eigenvalue weighted by molar-refractivity contribution is 0.0341. The van der Waals surface area contributed by atoms with Gasteiger partial charge in [0.2, 0.25) is 0 Å². The SMILES string of the molecule is CCCOC(=O)c1ccc(NC(=O)c2csc(CN3CCOCC3)n2)cc1. The summed E-state index contributed by atoms with van der Waals surface area (Å²) in [7, 11) is 0. The van der Waals surface area contributed by atoms with E-state index in [1.54, 1.807) is 29.6 Å². The van der Waals surface area contributed by atoms with Crippen LogP contribution in [0.1, 0.15) is 39.2 Å². The number of carbonyl (C=O) groups excluding carboxylic acids is 2. The molecule has 3 rings (SSSR count). The average Bonchev–Trinajstić information content (AvgIpc) is 3.16. The van der Waals surface area contributed by atoms with Gasteiger partial charge in [-0.2, -0.15) is 0 Å². The zero-order valence-electron chi connectivity index (χ0n) is 15.3. The summed E-state index contributed by atoms with van der Waals surface area (Å²) < 4.78 is 10.4. The Balaban J connectivity index is 1.54. The van der Waals surface area contributed by atoms with Crippen molar-refractivity contribution < 1.29 is 19.1 Å². The number of thiazole rings is 1. The number of hydrogen-bond donors (Lipinski definition) is 1. The number of carbonyl (C=O) groups is 2. The molecule has 1 aliphatic rings. The molecule has 1 aliphatic heterocycles. The van der Waals surface area contributed by atoms with Crippen LogP contribution in [0.25, 0.3) is 0 Å². The van der Waals surface area contributed by atoms with Crippen LogP contribution in [-0.4, -0.2) is 54.7 Å². The molecular weight excluding hydrogens is 366 g/mol. The molecule has 0 aliphatic carbocycles. The van der Waals surface area contributed by atoms with Gasteiger partial charge in [0.1, 0.15) is 10.7 Å². The minimum atomic E-state index is -0.359. The van der Waals surface area contributed by atoms with Crippen LogP contribution < -0.4 is 5.32 Å².